The van der Waals surface area contributed by atoms with Crippen molar-refractivity contribution in [2.24, 2.45) is 0 Å². The summed E-state index contributed by atoms with van der Waals surface area (Å²) < 4.78 is 10.2. The Labute approximate surface area is 111 Å². The lowest BCUT2D eigenvalue weighted by Gasteiger charge is -2.08. The Morgan fingerprint density at radius 3 is 2.42 bits per heavy atom. The first-order valence-corrected chi connectivity index (χ1v) is 5.92. The van der Waals surface area contributed by atoms with Gasteiger partial charge in [0.25, 0.3) is 0 Å². The van der Waals surface area contributed by atoms with Crippen molar-refractivity contribution in [3.05, 3.63) is 36.2 Å². The van der Waals surface area contributed by atoms with Gasteiger partial charge in [-0.25, -0.2) is 0 Å². The molecular formula is C13H16N4O2. The van der Waals surface area contributed by atoms with E-state index in [9.17, 15) is 0 Å². The molecule has 0 spiro atoms. The summed E-state index contributed by atoms with van der Waals surface area (Å²) in [6, 6.07) is 7.47. The lowest BCUT2D eigenvalue weighted by atomic mass is 10.3. The molecule has 0 saturated heterocycles. The van der Waals surface area contributed by atoms with Crippen LogP contribution in [-0.2, 0) is 6.42 Å². The van der Waals surface area contributed by atoms with Crippen molar-refractivity contribution in [3.8, 4) is 11.8 Å². The fourth-order valence-corrected chi connectivity index (χ4v) is 1.54. The lowest BCUT2D eigenvalue weighted by molar-refractivity contribution is 0.373. The van der Waals surface area contributed by atoms with Gasteiger partial charge >= 0.3 is 0 Å². The highest BCUT2D eigenvalue weighted by atomic mass is 16.5. The quantitative estimate of drug-likeness (QED) is 0.849. The highest BCUT2D eigenvalue weighted by Crippen LogP contribution is 2.17. The molecule has 0 radical (unpaired) electrons. The lowest BCUT2D eigenvalue weighted by Crippen LogP contribution is -2.09. The van der Waals surface area contributed by atoms with Crippen LogP contribution in [0.15, 0.2) is 30.5 Å². The molecule has 0 amide bonds. The second-order valence-corrected chi connectivity index (χ2v) is 3.77. The van der Waals surface area contributed by atoms with Crippen LogP contribution in [0.5, 0.6) is 11.8 Å². The van der Waals surface area contributed by atoms with E-state index < -0.39 is 0 Å². The average molecular weight is 260 g/mol. The number of ether oxygens (including phenoxy) is 2. The fraction of sp³-hybridized carbons (Fsp3) is 0.308. The second kappa shape index (κ2) is 6.53. The number of pyridine rings is 1. The minimum Gasteiger partial charge on any atom is -0.481 e. The van der Waals surface area contributed by atoms with Gasteiger partial charge in [-0.1, -0.05) is 6.07 Å². The van der Waals surface area contributed by atoms with Crippen molar-refractivity contribution in [2.75, 3.05) is 26.1 Å². The van der Waals surface area contributed by atoms with Crippen LogP contribution in [0, 0.1) is 0 Å². The minimum atomic E-state index is 0.465. The van der Waals surface area contributed by atoms with Crippen molar-refractivity contribution in [2.45, 2.75) is 6.42 Å². The van der Waals surface area contributed by atoms with Crippen LogP contribution in [0.2, 0.25) is 0 Å². The van der Waals surface area contributed by atoms with E-state index in [-0.39, 0.29) is 0 Å². The molecule has 0 aliphatic carbocycles. The van der Waals surface area contributed by atoms with E-state index in [0.717, 1.165) is 12.1 Å². The monoisotopic (exact) mass is 260 g/mol. The highest BCUT2D eigenvalue weighted by Gasteiger charge is 2.04. The van der Waals surface area contributed by atoms with E-state index in [1.807, 2.05) is 18.2 Å². The molecule has 2 heterocycles. The molecule has 6 heteroatoms. The molecule has 0 aliphatic rings. The minimum absolute atomic E-state index is 0.465. The predicted molar refractivity (Wildman–Crippen MR) is 71.6 cm³/mol. The van der Waals surface area contributed by atoms with Gasteiger partial charge in [0, 0.05) is 24.9 Å². The molecule has 0 saturated carbocycles. The zero-order chi connectivity index (χ0) is 13.5. The van der Waals surface area contributed by atoms with Gasteiger partial charge in [-0.3, -0.25) is 4.98 Å². The van der Waals surface area contributed by atoms with Gasteiger partial charge < -0.3 is 14.8 Å². The molecule has 0 atom stereocenters. The molecule has 2 aromatic heterocycles. The SMILES string of the molecule is COc1cc(OC)nc(NCCc2ccccn2)n1. The zero-order valence-corrected chi connectivity index (χ0v) is 11.0. The van der Waals surface area contributed by atoms with Crippen molar-refractivity contribution >= 4 is 5.95 Å². The maximum atomic E-state index is 5.08. The van der Waals surface area contributed by atoms with Crippen LogP contribution in [-0.4, -0.2) is 35.7 Å². The first-order valence-electron chi connectivity index (χ1n) is 5.92. The smallest absolute Gasteiger partial charge is 0.229 e. The molecule has 1 N–H and O–H groups in total. The maximum Gasteiger partial charge on any atom is 0.229 e. The molecule has 100 valence electrons. The molecule has 6 nitrogen and oxygen atoms in total. The number of methoxy groups -OCH3 is 2. The molecule has 19 heavy (non-hydrogen) atoms. The summed E-state index contributed by atoms with van der Waals surface area (Å²) in [5.74, 6) is 1.41. The summed E-state index contributed by atoms with van der Waals surface area (Å²) in [6.45, 7) is 0.688. The first-order chi connectivity index (χ1) is 9.31. The number of nitrogens with zero attached hydrogens (tertiary/aromatic N) is 3. The van der Waals surface area contributed by atoms with E-state index >= 15 is 0 Å². The van der Waals surface area contributed by atoms with Gasteiger partial charge in [0.15, 0.2) is 0 Å². The molecule has 2 rings (SSSR count). The van der Waals surface area contributed by atoms with E-state index in [1.165, 1.54) is 0 Å². The molecule has 0 aromatic carbocycles. The van der Waals surface area contributed by atoms with Crippen LogP contribution in [0.1, 0.15) is 5.69 Å². The Hall–Kier alpha value is -2.37. The van der Waals surface area contributed by atoms with Crippen LogP contribution >= 0.6 is 0 Å². The third-order valence-corrected chi connectivity index (χ3v) is 2.49. The van der Waals surface area contributed by atoms with E-state index in [1.54, 1.807) is 26.5 Å². The summed E-state index contributed by atoms with van der Waals surface area (Å²) in [6.07, 6.45) is 2.57. The topological polar surface area (TPSA) is 69.2 Å². The van der Waals surface area contributed by atoms with Crippen molar-refractivity contribution in [1.29, 1.82) is 0 Å². The first kappa shape index (κ1) is 13.1. The Bertz CT molecular complexity index is 497. The van der Waals surface area contributed by atoms with Crippen LogP contribution in [0.3, 0.4) is 0 Å². The van der Waals surface area contributed by atoms with Gasteiger partial charge in [0.05, 0.1) is 20.3 Å². The van der Waals surface area contributed by atoms with Crippen molar-refractivity contribution in [1.82, 2.24) is 15.0 Å². The van der Waals surface area contributed by atoms with E-state index in [2.05, 4.69) is 20.3 Å². The molecule has 0 unspecified atom stereocenters. The van der Waals surface area contributed by atoms with Gasteiger partial charge in [-0.15, -0.1) is 0 Å². The third kappa shape index (κ3) is 3.80. The highest BCUT2D eigenvalue weighted by molar-refractivity contribution is 5.33. The number of hydrogen-bond acceptors (Lipinski definition) is 6. The molecule has 2 aromatic rings. The number of hydrogen-bond donors (Lipinski definition) is 1. The van der Waals surface area contributed by atoms with Crippen molar-refractivity contribution in [3.63, 3.8) is 0 Å². The third-order valence-electron chi connectivity index (χ3n) is 2.49. The predicted octanol–water partition coefficient (Wildman–Crippen LogP) is 1.54. The number of anilines is 1. The number of nitrogens with one attached hydrogen (secondary N) is 1. The number of aromatic nitrogens is 3. The molecule has 0 fully saturated rings. The van der Waals surface area contributed by atoms with Gasteiger partial charge in [-0.05, 0) is 12.1 Å². The standard InChI is InChI=1S/C13H16N4O2/c1-18-11-9-12(19-2)17-13(16-11)15-8-6-10-5-3-4-7-14-10/h3-5,7,9H,6,8H2,1-2H3,(H,15,16,17). The molecule has 0 aliphatic heterocycles. The van der Waals surface area contributed by atoms with Gasteiger partial charge in [0.2, 0.25) is 17.7 Å². The molecular weight excluding hydrogens is 244 g/mol. The van der Waals surface area contributed by atoms with Crippen LogP contribution in [0.4, 0.5) is 5.95 Å². The molecule has 0 bridgehead atoms. The Morgan fingerprint density at radius 1 is 1.11 bits per heavy atom. The summed E-state index contributed by atoms with van der Waals surface area (Å²) >= 11 is 0. The summed E-state index contributed by atoms with van der Waals surface area (Å²) in [7, 11) is 3.11. The average Bonchev–Trinajstić information content (AvgIpc) is 2.48. The Morgan fingerprint density at radius 2 is 1.84 bits per heavy atom. The van der Waals surface area contributed by atoms with Gasteiger partial charge in [-0.2, -0.15) is 9.97 Å². The zero-order valence-electron chi connectivity index (χ0n) is 11.0. The van der Waals surface area contributed by atoms with Gasteiger partial charge in [0.1, 0.15) is 0 Å². The second-order valence-electron chi connectivity index (χ2n) is 3.77. The summed E-state index contributed by atoms with van der Waals surface area (Å²) in [5, 5.41) is 3.12. The summed E-state index contributed by atoms with van der Waals surface area (Å²) in [5.41, 5.74) is 1.02. The Kier molecular flexibility index (Phi) is 4.49. The van der Waals surface area contributed by atoms with Crippen molar-refractivity contribution < 1.29 is 9.47 Å². The van der Waals surface area contributed by atoms with E-state index in [0.29, 0.717) is 24.3 Å². The van der Waals surface area contributed by atoms with E-state index in [4.69, 9.17) is 9.47 Å². The summed E-state index contributed by atoms with van der Waals surface area (Å²) in [4.78, 5) is 12.6. The maximum absolute atomic E-state index is 5.08. The largest absolute Gasteiger partial charge is 0.481 e. The normalized spacial score (nSPS) is 10.0. The van der Waals surface area contributed by atoms with Crippen LogP contribution in [0.25, 0.3) is 0 Å². The fourth-order valence-electron chi connectivity index (χ4n) is 1.54. The van der Waals surface area contributed by atoms with Crippen LogP contribution < -0.4 is 14.8 Å². The Balaban J connectivity index is 1.95. The number of rotatable bonds is 6.